The van der Waals surface area contributed by atoms with E-state index < -0.39 is 11.6 Å². The van der Waals surface area contributed by atoms with Crippen LogP contribution in [0.1, 0.15) is 10.4 Å². The molecule has 1 saturated heterocycles. The summed E-state index contributed by atoms with van der Waals surface area (Å²) >= 11 is 0. The number of aromatic nitrogens is 1. The Morgan fingerprint density at radius 2 is 1.91 bits per heavy atom. The van der Waals surface area contributed by atoms with Crippen molar-refractivity contribution in [3.8, 4) is 11.1 Å². The van der Waals surface area contributed by atoms with Crippen molar-refractivity contribution in [2.75, 3.05) is 26.3 Å². The molecule has 2 heterocycles. The molecular weight excluding hydrogens is 290 g/mol. The topological polar surface area (TPSA) is 42.4 Å². The van der Waals surface area contributed by atoms with Gasteiger partial charge >= 0.3 is 0 Å². The molecular formula is C16H14F2N2O2. The molecule has 1 aliphatic rings. The summed E-state index contributed by atoms with van der Waals surface area (Å²) in [6, 6.07) is 4.73. The molecule has 4 nitrogen and oxygen atoms in total. The van der Waals surface area contributed by atoms with Crippen molar-refractivity contribution >= 4 is 5.91 Å². The first kappa shape index (κ1) is 14.6. The Hall–Kier alpha value is -2.34. The minimum absolute atomic E-state index is 0.0872. The van der Waals surface area contributed by atoms with E-state index in [0.29, 0.717) is 37.4 Å². The average Bonchev–Trinajstić information content (AvgIpc) is 2.57. The molecule has 0 N–H and O–H groups in total. The first-order valence-corrected chi connectivity index (χ1v) is 6.92. The molecule has 3 rings (SSSR count). The van der Waals surface area contributed by atoms with E-state index in [2.05, 4.69) is 4.98 Å². The van der Waals surface area contributed by atoms with Crippen LogP contribution in [0.3, 0.4) is 0 Å². The van der Waals surface area contributed by atoms with Gasteiger partial charge in [-0.3, -0.25) is 9.78 Å². The highest BCUT2D eigenvalue weighted by Crippen LogP contribution is 2.24. The van der Waals surface area contributed by atoms with E-state index in [9.17, 15) is 13.6 Å². The maximum Gasteiger partial charge on any atom is 0.255 e. The number of morpholine rings is 1. The summed E-state index contributed by atoms with van der Waals surface area (Å²) < 4.78 is 32.3. The summed E-state index contributed by atoms with van der Waals surface area (Å²) in [4.78, 5) is 18.0. The number of hydrogen-bond acceptors (Lipinski definition) is 3. The maximum absolute atomic E-state index is 13.8. The van der Waals surface area contributed by atoms with Crippen LogP contribution in [-0.2, 0) is 4.74 Å². The van der Waals surface area contributed by atoms with Crippen LogP contribution in [0, 0.1) is 11.6 Å². The van der Waals surface area contributed by atoms with Crippen LogP contribution >= 0.6 is 0 Å². The van der Waals surface area contributed by atoms with Crippen molar-refractivity contribution in [1.82, 2.24) is 9.88 Å². The van der Waals surface area contributed by atoms with Crippen LogP contribution in [-0.4, -0.2) is 42.1 Å². The van der Waals surface area contributed by atoms with Gasteiger partial charge in [0.05, 0.1) is 18.8 Å². The fourth-order valence-electron chi connectivity index (χ4n) is 2.37. The monoisotopic (exact) mass is 304 g/mol. The fraction of sp³-hybridized carbons (Fsp3) is 0.250. The third-order valence-electron chi connectivity index (χ3n) is 3.52. The summed E-state index contributed by atoms with van der Waals surface area (Å²) in [6.45, 7) is 2.02. The lowest BCUT2D eigenvalue weighted by Crippen LogP contribution is -2.40. The minimum atomic E-state index is -0.556. The zero-order valence-electron chi connectivity index (χ0n) is 11.8. The number of amides is 1. The van der Waals surface area contributed by atoms with Gasteiger partial charge in [0.1, 0.15) is 11.6 Å². The van der Waals surface area contributed by atoms with Gasteiger partial charge in [0, 0.05) is 36.6 Å². The second kappa shape index (κ2) is 6.19. The van der Waals surface area contributed by atoms with Gasteiger partial charge in [-0.15, -0.1) is 0 Å². The molecule has 1 amide bonds. The summed E-state index contributed by atoms with van der Waals surface area (Å²) in [6.07, 6.45) is 2.84. The van der Waals surface area contributed by atoms with Gasteiger partial charge in [-0.2, -0.15) is 0 Å². The lowest BCUT2D eigenvalue weighted by atomic mass is 10.0. The third kappa shape index (κ3) is 2.96. The third-order valence-corrected chi connectivity index (χ3v) is 3.52. The summed E-state index contributed by atoms with van der Waals surface area (Å²) in [5, 5.41) is 0. The number of carbonyl (C=O) groups excluding carboxylic acids is 1. The second-order valence-corrected chi connectivity index (χ2v) is 4.99. The van der Waals surface area contributed by atoms with Crippen molar-refractivity contribution in [3.63, 3.8) is 0 Å². The van der Waals surface area contributed by atoms with Gasteiger partial charge < -0.3 is 9.64 Å². The van der Waals surface area contributed by atoms with Crippen LogP contribution in [0.2, 0.25) is 0 Å². The molecule has 0 atom stereocenters. The molecule has 114 valence electrons. The van der Waals surface area contributed by atoms with Gasteiger partial charge in [-0.05, 0) is 24.3 Å². The summed E-state index contributed by atoms with van der Waals surface area (Å²) in [5.74, 6) is -1.28. The van der Waals surface area contributed by atoms with Gasteiger partial charge in [-0.1, -0.05) is 0 Å². The number of rotatable bonds is 2. The standard InChI is InChI=1S/C16H14F2N2O2/c17-13-1-2-15(18)14(8-13)11-7-12(10-19-9-11)16(21)20-3-5-22-6-4-20/h1-2,7-10H,3-6H2. The molecule has 6 heteroatoms. The average molecular weight is 304 g/mol. The van der Waals surface area contributed by atoms with Gasteiger partial charge in [0.25, 0.3) is 5.91 Å². The Morgan fingerprint density at radius 3 is 2.68 bits per heavy atom. The zero-order chi connectivity index (χ0) is 15.5. The molecule has 2 aromatic rings. The normalized spacial score (nSPS) is 14.9. The molecule has 0 unspecified atom stereocenters. The largest absolute Gasteiger partial charge is 0.378 e. The number of ether oxygens (including phenoxy) is 1. The van der Waals surface area contributed by atoms with Crippen LogP contribution in [0.4, 0.5) is 8.78 Å². The fourth-order valence-corrected chi connectivity index (χ4v) is 2.37. The summed E-state index contributed by atoms with van der Waals surface area (Å²) in [5.41, 5.74) is 0.809. The first-order chi connectivity index (χ1) is 10.6. The van der Waals surface area contributed by atoms with Gasteiger partial charge in [0.2, 0.25) is 0 Å². The van der Waals surface area contributed by atoms with E-state index in [1.165, 1.54) is 18.5 Å². The highest BCUT2D eigenvalue weighted by Gasteiger charge is 2.19. The predicted octanol–water partition coefficient (Wildman–Crippen LogP) is 2.50. The quantitative estimate of drug-likeness (QED) is 0.856. The van der Waals surface area contributed by atoms with E-state index in [-0.39, 0.29) is 11.5 Å². The van der Waals surface area contributed by atoms with Crippen molar-refractivity contribution in [3.05, 3.63) is 53.9 Å². The van der Waals surface area contributed by atoms with E-state index in [1.54, 1.807) is 4.90 Å². The Balaban J connectivity index is 1.92. The molecule has 0 saturated carbocycles. The number of nitrogens with zero attached hydrogens (tertiary/aromatic N) is 2. The number of hydrogen-bond donors (Lipinski definition) is 0. The molecule has 1 aromatic heterocycles. The Bertz CT molecular complexity index is 700. The number of carbonyl (C=O) groups is 1. The zero-order valence-corrected chi connectivity index (χ0v) is 11.8. The highest BCUT2D eigenvalue weighted by molar-refractivity contribution is 5.95. The van der Waals surface area contributed by atoms with Gasteiger partial charge in [0.15, 0.2) is 0 Å². The second-order valence-electron chi connectivity index (χ2n) is 4.99. The van der Waals surface area contributed by atoms with Crippen LogP contribution in [0.25, 0.3) is 11.1 Å². The molecule has 1 aromatic carbocycles. The SMILES string of the molecule is O=C(c1cncc(-c2cc(F)ccc2F)c1)N1CCOCC1. The Labute approximate surface area is 126 Å². The number of pyridine rings is 1. The molecule has 1 aliphatic heterocycles. The smallest absolute Gasteiger partial charge is 0.255 e. The van der Waals surface area contributed by atoms with Crippen LogP contribution in [0.15, 0.2) is 36.7 Å². The Kier molecular flexibility index (Phi) is 4.11. The molecule has 0 bridgehead atoms. The predicted molar refractivity (Wildman–Crippen MR) is 76.3 cm³/mol. The van der Waals surface area contributed by atoms with E-state index in [4.69, 9.17) is 4.74 Å². The van der Waals surface area contributed by atoms with Gasteiger partial charge in [-0.25, -0.2) is 8.78 Å². The maximum atomic E-state index is 13.8. The molecule has 0 radical (unpaired) electrons. The van der Waals surface area contributed by atoms with Crippen LogP contribution in [0.5, 0.6) is 0 Å². The number of halogens is 2. The molecule has 1 fully saturated rings. The van der Waals surface area contributed by atoms with Crippen molar-refractivity contribution in [2.24, 2.45) is 0 Å². The lowest BCUT2D eigenvalue weighted by molar-refractivity contribution is 0.0302. The van der Waals surface area contributed by atoms with E-state index in [0.717, 1.165) is 18.2 Å². The molecule has 0 spiro atoms. The molecule has 0 aliphatic carbocycles. The lowest BCUT2D eigenvalue weighted by Gasteiger charge is -2.26. The Morgan fingerprint density at radius 1 is 1.14 bits per heavy atom. The number of benzene rings is 1. The minimum Gasteiger partial charge on any atom is -0.378 e. The van der Waals surface area contributed by atoms with Crippen molar-refractivity contribution in [2.45, 2.75) is 0 Å². The van der Waals surface area contributed by atoms with Crippen molar-refractivity contribution in [1.29, 1.82) is 0 Å². The highest BCUT2D eigenvalue weighted by atomic mass is 19.1. The van der Waals surface area contributed by atoms with E-state index >= 15 is 0 Å². The first-order valence-electron chi connectivity index (χ1n) is 6.92. The van der Waals surface area contributed by atoms with E-state index in [1.807, 2.05) is 0 Å². The van der Waals surface area contributed by atoms with Crippen molar-refractivity contribution < 1.29 is 18.3 Å². The summed E-state index contributed by atoms with van der Waals surface area (Å²) in [7, 11) is 0. The van der Waals surface area contributed by atoms with Crippen LogP contribution < -0.4 is 0 Å². The molecule has 22 heavy (non-hydrogen) atoms.